The van der Waals surface area contributed by atoms with Gasteiger partial charge in [0.2, 0.25) is 0 Å². The Balaban J connectivity index is 2.13. The molecule has 1 aliphatic carbocycles. The minimum atomic E-state index is 0.0676. The lowest BCUT2D eigenvalue weighted by Crippen LogP contribution is -2.29. The molecule has 1 saturated carbocycles. The molecule has 1 heterocycles. The zero-order valence-electron chi connectivity index (χ0n) is 12.1. The van der Waals surface area contributed by atoms with E-state index in [1.54, 1.807) is 6.20 Å². The zero-order chi connectivity index (χ0) is 13.8. The molecule has 0 radical (unpaired) electrons. The highest BCUT2D eigenvalue weighted by Crippen LogP contribution is 2.30. The van der Waals surface area contributed by atoms with E-state index in [0.29, 0.717) is 11.5 Å². The summed E-state index contributed by atoms with van der Waals surface area (Å²) in [5, 5.41) is 3.32. The number of nitrogens with one attached hydrogen (secondary N) is 1. The second kappa shape index (κ2) is 6.04. The number of hydrogen-bond donors (Lipinski definition) is 1. The van der Waals surface area contributed by atoms with Crippen LogP contribution in [0.1, 0.15) is 42.2 Å². The number of nitrogens with zero attached hydrogens (tertiary/aromatic N) is 2. The van der Waals surface area contributed by atoms with Gasteiger partial charge in [-0.2, -0.15) is 0 Å². The lowest BCUT2D eigenvalue weighted by atomic mass is 10.1. The summed E-state index contributed by atoms with van der Waals surface area (Å²) in [5.41, 5.74) is 2.52. The normalized spacial score (nSPS) is 14.3. The van der Waals surface area contributed by atoms with Gasteiger partial charge in [0.1, 0.15) is 0 Å². The summed E-state index contributed by atoms with van der Waals surface area (Å²) in [5.74, 6) is 0.775. The number of carbonyl (C=O) groups is 1. The van der Waals surface area contributed by atoms with Crippen LogP contribution in [0.5, 0.6) is 0 Å². The van der Waals surface area contributed by atoms with Crippen LogP contribution in [0.3, 0.4) is 0 Å². The van der Waals surface area contributed by atoms with Gasteiger partial charge in [0.15, 0.2) is 0 Å². The number of amides is 1. The summed E-state index contributed by atoms with van der Waals surface area (Å²) < 4.78 is 0. The predicted octanol–water partition coefficient (Wildman–Crippen LogP) is 2.69. The molecule has 0 atom stereocenters. The number of aromatic nitrogens is 1. The Morgan fingerprint density at radius 3 is 2.89 bits per heavy atom. The van der Waals surface area contributed by atoms with Crippen molar-refractivity contribution in [3.63, 3.8) is 0 Å². The molecule has 4 nitrogen and oxygen atoms in total. The number of anilines is 1. The molecule has 0 spiro atoms. The van der Waals surface area contributed by atoms with E-state index >= 15 is 0 Å². The SMILES string of the molecule is CCCNc1cc(C)ncc1C(=O)N(C)CC1CC1. The second-order valence-corrected chi connectivity index (χ2v) is 5.43. The van der Waals surface area contributed by atoms with Crippen LogP contribution in [0.15, 0.2) is 12.3 Å². The van der Waals surface area contributed by atoms with Gasteiger partial charge in [0.05, 0.1) is 11.3 Å². The highest BCUT2D eigenvalue weighted by molar-refractivity contribution is 5.99. The van der Waals surface area contributed by atoms with Gasteiger partial charge in [-0.3, -0.25) is 9.78 Å². The van der Waals surface area contributed by atoms with Crippen LogP contribution in [-0.4, -0.2) is 35.9 Å². The fraction of sp³-hybridized carbons (Fsp3) is 0.600. The van der Waals surface area contributed by atoms with Gasteiger partial charge in [-0.25, -0.2) is 0 Å². The first kappa shape index (κ1) is 13.8. The average Bonchev–Trinajstić information content (AvgIpc) is 3.19. The van der Waals surface area contributed by atoms with E-state index in [2.05, 4.69) is 17.2 Å². The van der Waals surface area contributed by atoms with Crippen LogP contribution in [0, 0.1) is 12.8 Å². The Bertz CT molecular complexity index is 455. The molecular weight excluding hydrogens is 238 g/mol. The maximum absolute atomic E-state index is 12.4. The molecule has 1 aromatic rings. The van der Waals surface area contributed by atoms with Gasteiger partial charge in [0.25, 0.3) is 5.91 Å². The zero-order valence-corrected chi connectivity index (χ0v) is 12.1. The van der Waals surface area contributed by atoms with E-state index in [1.165, 1.54) is 12.8 Å². The van der Waals surface area contributed by atoms with E-state index in [0.717, 1.165) is 30.9 Å². The number of aryl methyl sites for hydroxylation is 1. The minimum absolute atomic E-state index is 0.0676. The second-order valence-electron chi connectivity index (χ2n) is 5.43. The monoisotopic (exact) mass is 261 g/mol. The first-order valence-electron chi connectivity index (χ1n) is 7.07. The molecule has 1 fully saturated rings. The van der Waals surface area contributed by atoms with Crippen molar-refractivity contribution in [2.75, 3.05) is 25.5 Å². The quantitative estimate of drug-likeness (QED) is 0.856. The summed E-state index contributed by atoms with van der Waals surface area (Å²) in [6.45, 7) is 5.79. The van der Waals surface area contributed by atoms with Gasteiger partial charge in [-0.15, -0.1) is 0 Å². The van der Waals surface area contributed by atoms with E-state index in [9.17, 15) is 4.79 Å². The van der Waals surface area contributed by atoms with Crippen LogP contribution in [-0.2, 0) is 0 Å². The molecule has 2 rings (SSSR count). The van der Waals surface area contributed by atoms with E-state index in [1.807, 2.05) is 24.9 Å². The van der Waals surface area contributed by atoms with Crippen LogP contribution in [0.4, 0.5) is 5.69 Å². The van der Waals surface area contributed by atoms with E-state index < -0.39 is 0 Å². The highest BCUT2D eigenvalue weighted by Gasteiger charge is 2.26. The van der Waals surface area contributed by atoms with Crippen LogP contribution < -0.4 is 5.32 Å². The number of pyridine rings is 1. The molecule has 0 unspecified atom stereocenters. The van der Waals surface area contributed by atoms with Crippen molar-refractivity contribution >= 4 is 11.6 Å². The lowest BCUT2D eigenvalue weighted by molar-refractivity contribution is 0.0789. The molecule has 0 saturated heterocycles. The molecular formula is C15H23N3O. The molecule has 19 heavy (non-hydrogen) atoms. The van der Waals surface area contributed by atoms with Crippen molar-refractivity contribution in [3.05, 3.63) is 23.5 Å². The fourth-order valence-electron chi connectivity index (χ4n) is 2.11. The maximum Gasteiger partial charge on any atom is 0.257 e. The number of rotatable bonds is 6. The molecule has 1 aliphatic rings. The maximum atomic E-state index is 12.4. The molecule has 0 aromatic carbocycles. The van der Waals surface area contributed by atoms with Crippen molar-refractivity contribution in [1.29, 1.82) is 0 Å². The molecule has 104 valence electrons. The van der Waals surface area contributed by atoms with Gasteiger partial charge < -0.3 is 10.2 Å². The molecule has 0 bridgehead atoms. The van der Waals surface area contributed by atoms with Gasteiger partial charge in [0, 0.05) is 32.0 Å². The number of carbonyl (C=O) groups excluding carboxylic acids is 1. The molecule has 1 amide bonds. The first-order chi connectivity index (χ1) is 9.11. The van der Waals surface area contributed by atoms with Crippen LogP contribution in [0.25, 0.3) is 0 Å². The van der Waals surface area contributed by atoms with Gasteiger partial charge in [-0.1, -0.05) is 6.92 Å². The van der Waals surface area contributed by atoms with Crippen LogP contribution in [0.2, 0.25) is 0 Å². The summed E-state index contributed by atoms with van der Waals surface area (Å²) in [6.07, 6.45) is 5.24. The summed E-state index contributed by atoms with van der Waals surface area (Å²) in [4.78, 5) is 18.5. The Morgan fingerprint density at radius 1 is 1.53 bits per heavy atom. The highest BCUT2D eigenvalue weighted by atomic mass is 16.2. The third-order valence-electron chi connectivity index (χ3n) is 3.41. The molecule has 0 aliphatic heterocycles. The smallest absolute Gasteiger partial charge is 0.257 e. The van der Waals surface area contributed by atoms with Gasteiger partial charge >= 0.3 is 0 Å². The third kappa shape index (κ3) is 3.69. The fourth-order valence-corrected chi connectivity index (χ4v) is 2.11. The Hall–Kier alpha value is -1.58. The molecule has 1 N–H and O–H groups in total. The topological polar surface area (TPSA) is 45.2 Å². The summed E-state index contributed by atoms with van der Waals surface area (Å²) >= 11 is 0. The largest absolute Gasteiger partial charge is 0.384 e. The third-order valence-corrected chi connectivity index (χ3v) is 3.41. The summed E-state index contributed by atoms with van der Waals surface area (Å²) in [6, 6.07) is 1.95. The van der Waals surface area contributed by atoms with Gasteiger partial charge in [-0.05, 0) is 38.2 Å². The van der Waals surface area contributed by atoms with Crippen molar-refractivity contribution in [1.82, 2.24) is 9.88 Å². The van der Waals surface area contributed by atoms with E-state index in [4.69, 9.17) is 0 Å². The van der Waals surface area contributed by atoms with Crippen molar-refractivity contribution in [2.45, 2.75) is 33.1 Å². The Morgan fingerprint density at radius 2 is 2.26 bits per heavy atom. The first-order valence-corrected chi connectivity index (χ1v) is 7.07. The predicted molar refractivity (Wildman–Crippen MR) is 77.4 cm³/mol. The van der Waals surface area contributed by atoms with Crippen LogP contribution >= 0.6 is 0 Å². The van der Waals surface area contributed by atoms with Crippen molar-refractivity contribution in [2.24, 2.45) is 5.92 Å². The Labute approximate surface area is 115 Å². The minimum Gasteiger partial charge on any atom is -0.384 e. The standard InChI is InChI=1S/C15H23N3O/c1-4-7-16-14-8-11(2)17-9-13(14)15(19)18(3)10-12-5-6-12/h8-9,12H,4-7,10H2,1-3H3,(H,16,17). The summed E-state index contributed by atoms with van der Waals surface area (Å²) in [7, 11) is 1.88. The Kier molecular flexibility index (Phi) is 4.40. The van der Waals surface area contributed by atoms with Crippen molar-refractivity contribution < 1.29 is 4.79 Å². The molecule has 1 aromatic heterocycles. The lowest BCUT2D eigenvalue weighted by Gasteiger charge is -2.19. The number of hydrogen-bond acceptors (Lipinski definition) is 3. The van der Waals surface area contributed by atoms with Crippen molar-refractivity contribution in [3.8, 4) is 0 Å². The molecule has 4 heteroatoms. The van der Waals surface area contributed by atoms with E-state index in [-0.39, 0.29) is 5.91 Å². The average molecular weight is 261 g/mol.